The second kappa shape index (κ2) is 8.89. The van der Waals surface area contributed by atoms with E-state index in [4.69, 9.17) is 9.47 Å². The largest absolute Gasteiger partial charge is 0.493 e. The van der Waals surface area contributed by atoms with Crippen LogP contribution in [0.1, 0.15) is 21.5 Å². The van der Waals surface area contributed by atoms with Crippen LogP contribution in [0.4, 0.5) is 0 Å². The average molecular weight is 356 g/mol. The van der Waals surface area contributed by atoms with Crippen LogP contribution in [0.25, 0.3) is 0 Å². The van der Waals surface area contributed by atoms with Crippen molar-refractivity contribution in [2.45, 2.75) is 13.5 Å². The average Bonchev–Trinajstić information content (AvgIpc) is 2.66. The number of hydrogen-bond acceptors (Lipinski definition) is 4. The summed E-state index contributed by atoms with van der Waals surface area (Å²) in [6.45, 7) is 2.31. The first kappa shape index (κ1) is 19.3. The lowest BCUT2D eigenvalue weighted by Gasteiger charge is -2.18. The van der Waals surface area contributed by atoms with Crippen molar-refractivity contribution in [3.8, 4) is 11.5 Å². The molecule has 0 unspecified atom stereocenters. The molecule has 2 amide bonds. The molecular formula is C20H24N2O4. The molecule has 0 saturated carbocycles. The lowest BCUT2D eigenvalue weighted by molar-refractivity contribution is -0.132. The van der Waals surface area contributed by atoms with Crippen LogP contribution >= 0.6 is 0 Å². The van der Waals surface area contributed by atoms with Crippen LogP contribution in [-0.4, -0.2) is 44.5 Å². The summed E-state index contributed by atoms with van der Waals surface area (Å²) in [6.07, 6.45) is 0. The van der Waals surface area contributed by atoms with Crippen molar-refractivity contribution in [3.63, 3.8) is 0 Å². The molecule has 0 radical (unpaired) electrons. The molecule has 1 N–H and O–H groups in total. The maximum Gasteiger partial charge on any atom is 0.260 e. The van der Waals surface area contributed by atoms with Crippen molar-refractivity contribution in [1.29, 1.82) is 0 Å². The third-order valence-corrected chi connectivity index (χ3v) is 3.96. The van der Waals surface area contributed by atoms with Gasteiger partial charge >= 0.3 is 0 Å². The van der Waals surface area contributed by atoms with E-state index in [0.717, 1.165) is 11.1 Å². The molecule has 26 heavy (non-hydrogen) atoms. The summed E-state index contributed by atoms with van der Waals surface area (Å²) in [5.74, 6) is 0.851. The smallest absolute Gasteiger partial charge is 0.260 e. The Balaban J connectivity index is 1.92. The first-order chi connectivity index (χ1) is 12.4. The van der Waals surface area contributed by atoms with Gasteiger partial charge in [-0.25, -0.2) is 0 Å². The molecule has 0 spiro atoms. The van der Waals surface area contributed by atoms with Gasteiger partial charge in [0.1, 0.15) is 0 Å². The lowest BCUT2D eigenvalue weighted by atomic mass is 10.1. The Morgan fingerprint density at radius 2 is 1.77 bits per heavy atom. The van der Waals surface area contributed by atoms with E-state index in [0.29, 0.717) is 23.6 Å². The van der Waals surface area contributed by atoms with Crippen LogP contribution in [0.15, 0.2) is 42.5 Å². The highest BCUT2D eigenvalue weighted by molar-refractivity contribution is 5.93. The zero-order chi connectivity index (χ0) is 19.1. The predicted molar refractivity (Wildman–Crippen MR) is 99.5 cm³/mol. The van der Waals surface area contributed by atoms with Crippen molar-refractivity contribution in [2.24, 2.45) is 0 Å². The summed E-state index contributed by atoms with van der Waals surface area (Å²) < 4.78 is 10.9. The Morgan fingerprint density at radius 3 is 2.38 bits per heavy atom. The fourth-order valence-corrected chi connectivity index (χ4v) is 2.41. The van der Waals surface area contributed by atoms with Crippen LogP contribution in [-0.2, 0) is 11.3 Å². The number of nitrogens with one attached hydrogen (secondary N) is 1. The number of benzene rings is 2. The Kier molecular flexibility index (Phi) is 6.60. The van der Waals surface area contributed by atoms with Crippen molar-refractivity contribution in [3.05, 3.63) is 59.2 Å². The molecule has 2 aromatic rings. The van der Waals surface area contributed by atoms with Gasteiger partial charge in [0.05, 0.1) is 7.11 Å². The highest BCUT2D eigenvalue weighted by Crippen LogP contribution is 2.27. The topological polar surface area (TPSA) is 67.9 Å². The highest BCUT2D eigenvalue weighted by Gasteiger charge is 2.13. The van der Waals surface area contributed by atoms with Crippen LogP contribution in [0.2, 0.25) is 0 Å². The molecule has 6 heteroatoms. The maximum absolute atomic E-state index is 12.3. The molecule has 138 valence electrons. The highest BCUT2D eigenvalue weighted by atomic mass is 16.5. The Morgan fingerprint density at radius 1 is 1.08 bits per heavy atom. The number of likely N-dealkylation sites (N-methyl/N-ethyl adjacent to an activating group) is 1. The summed E-state index contributed by atoms with van der Waals surface area (Å²) in [5, 5.41) is 2.57. The van der Waals surface area contributed by atoms with E-state index in [1.54, 1.807) is 44.3 Å². The van der Waals surface area contributed by atoms with E-state index in [1.165, 1.54) is 0 Å². The van der Waals surface area contributed by atoms with Gasteiger partial charge in [-0.15, -0.1) is 0 Å². The molecule has 0 aromatic heterocycles. The van der Waals surface area contributed by atoms with Crippen molar-refractivity contribution < 1.29 is 19.1 Å². The van der Waals surface area contributed by atoms with Gasteiger partial charge in [0.2, 0.25) is 0 Å². The van der Waals surface area contributed by atoms with E-state index >= 15 is 0 Å². The minimum atomic E-state index is -0.150. The minimum absolute atomic E-state index is 0.0771. The monoisotopic (exact) mass is 356 g/mol. The van der Waals surface area contributed by atoms with Crippen molar-refractivity contribution in [1.82, 2.24) is 10.2 Å². The van der Waals surface area contributed by atoms with Crippen molar-refractivity contribution >= 4 is 11.8 Å². The summed E-state index contributed by atoms with van der Waals surface area (Å²) in [5.41, 5.74) is 2.57. The van der Waals surface area contributed by atoms with Gasteiger partial charge in [0.25, 0.3) is 11.8 Å². The summed E-state index contributed by atoms with van der Waals surface area (Å²) >= 11 is 0. The SMILES string of the molecule is CNC(=O)c1ccc(CN(C)C(=O)COc2ccc(C)cc2OC)cc1. The van der Waals surface area contributed by atoms with E-state index in [1.807, 2.05) is 31.2 Å². The van der Waals surface area contributed by atoms with Crippen LogP contribution in [0.3, 0.4) is 0 Å². The number of methoxy groups -OCH3 is 1. The molecule has 0 bridgehead atoms. The predicted octanol–water partition coefficient (Wildman–Crippen LogP) is 2.40. The quantitative estimate of drug-likeness (QED) is 0.827. The van der Waals surface area contributed by atoms with Crippen LogP contribution in [0.5, 0.6) is 11.5 Å². The van der Waals surface area contributed by atoms with Gasteiger partial charge in [0, 0.05) is 26.2 Å². The Hall–Kier alpha value is -3.02. The second-order valence-corrected chi connectivity index (χ2v) is 5.97. The van der Waals surface area contributed by atoms with Crippen LogP contribution < -0.4 is 14.8 Å². The normalized spacial score (nSPS) is 10.2. The lowest BCUT2D eigenvalue weighted by Crippen LogP contribution is -2.31. The van der Waals surface area contributed by atoms with Gasteiger partial charge in [-0.3, -0.25) is 9.59 Å². The first-order valence-corrected chi connectivity index (χ1v) is 8.27. The number of hydrogen-bond donors (Lipinski definition) is 1. The second-order valence-electron chi connectivity index (χ2n) is 5.97. The van der Waals surface area contributed by atoms with Gasteiger partial charge in [-0.1, -0.05) is 18.2 Å². The van der Waals surface area contributed by atoms with Gasteiger partial charge in [-0.05, 0) is 42.3 Å². The molecule has 0 saturated heterocycles. The third-order valence-electron chi connectivity index (χ3n) is 3.96. The van der Waals surface area contributed by atoms with Gasteiger partial charge in [-0.2, -0.15) is 0 Å². The zero-order valence-corrected chi connectivity index (χ0v) is 15.5. The van der Waals surface area contributed by atoms with E-state index in [2.05, 4.69) is 5.32 Å². The molecule has 0 fully saturated rings. The number of ether oxygens (including phenoxy) is 2. The van der Waals surface area contributed by atoms with E-state index in [-0.39, 0.29) is 18.4 Å². The number of amides is 2. The standard InChI is InChI=1S/C20H24N2O4/c1-14-5-10-17(18(11-14)25-4)26-13-19(23)22(3)12-15-6-8-16(9-7-15)20(24)21-2/h5-11H,12-13H2,1-4H3,(H,21,24). The summed E-state index contributed by atoms with van der Waals surface area (Å²) in [7, 11) is 4.87. The Labute approximate surface area is 153 Å². The number of nitrogens with zero attached hydrogens (tertiary/aromatic N) is 1. The first-order valence-electron chi connectivity index (χ1n) is 8.27. The molecule has 0 aliphatic heterocycles. The molecule has 6 nitrogen and oxygen atoms in total. The zero-order valence-electron chi connectivity index (χ0n) is 15.5. The van der Waals surface area contributed by atoms with Crippen molar-refractivity contribution in [2.75, 3.05) is 27.8 Å². The number of rotatable bonds is 7. The fraction of sp³-hybridized carbons (Fsp3) is 0.300. The van der Waals surface area contributed by atoms with Gasteiger partial charge in [0.15, 0.2) is 18.1 Å². The summed E-state index contributed by atoms with van der Waals surface area (Å²) in [6, 6.07) is 12.7. The molecule has 0 aliphatic rings. The van der Waals surface area contributed by atoms with E-state index in [9.17, 15) is 9.59 Å². The van der Waals surface area contributed by atoms with E-state index < -0.39 is 0 Å². The van der Waals surface area contributed by atoms with Gasteiger partial charge < -0.3 is 19.7 Å². The summed E-state index contributed by atoms with van der Waals surface area (Å²) in [4.78, 5) is 25.4. The fourth-order valence-electron chi connectivity index (χ4n) is 2.41. The molecular weight excluding hydrogens is 332 g/mol. The molecule has 0 aliphatic carbocycles. The minimum Gasteiger partial charge on any atom is -0.493 e. The van der Waals surface area contributed by atoms with Crippen LogP contribution in [0, 0.1) is 6.92 Å². The number of carbonyl (C=O) groups excluding carboxylic acids is 2. The molecule has 2 aromatic carbocycles. The maximum atomic E-state index is 12.3. The molecule has 2 rings (SSSR count). The molecule has 0 atom stereocenters. The number of aryl methyl sites for hydroxylation is 1. The Bertz CT molecular complexity index is 772. The molecule has 0 heterocycles. The number of carbonyl (C=O) groups is 2. The third kappa shape index (κ3) is 4.99.